The molecule has 98 valence electrons. The van der Waals surface area contributed by atoms with Gasteiger partial charge in [0, 0.05) is 25.0 Å². The lowest BCUT2D eigenvalue weighted by Crippen LogP contribution is -2.36. The van der Waals surface area contributed by atoms with Gasteiger partial charge in [0.15, 0.2) is 0 Å². The molecule has 2 atom stereocenters. The highest BCUT2D eigenvalue weighted by Crippen LogP contribution is 2.29. The van der Waals surface area contributed by atoms with Gasteiger partial charge in [0.25, 0.3) is 0 Å². The highest BCUT2D eigenvalue weighted by Gasteiger charge is 2.28. The molecule has 0 aromatic heterocycles. The largest absolute Gasteiger partial charge is 0.341 e. The fourth-order valence-electron chi connectivity index (χ4n) is 3.32. The van der Waals surface area contributed by atoms with E-state index in [-0.39, 0.29) is 12.0 Å². The number of amides is 1. The van der Waals surface area contributed by atoms with Gasteiger partial charge in [-0.05, 0) is 18.8 Å². The molecule has 0 radical (unpaired) electrons. The quantitative estimate of drug-likeness (QED) is 0.819. The minimum atomic E-state index is 0.198. The van der Waals surface area contributed by atoms with Gasteiger partial charge >= 0.3 is 0 Å². The van der Waals surface area contributed by atoms with E-state index in [1.807, 2.05) is 4.90 Å². The van der Waals surface area contributed by atoms with Gasteiger partial charge in [-0.3, -0.25) is 4.79 Å². The first-order chi connectivity index (χ1) is 8.16. The standard InChI is InChI=1S/C14H26N2O/c1-11(9-12-5-3-2-4-6-12)14(17)16-8-7-13(15)10-16/h11-13H,2-10,15H2,1H3/t11?,13-/m1/s1. The van der Waals surface area contributed by atoms with Gasteiger partial charge in [-0.2, -0.15) is 0 Å². The summed E-state index contributed by atoms with van der Waals surface area (Å²) in [6.07, 6.45) is 8.83. The van der Waals surface area contributed by atoms with Crippen LogP contribution in [0.2, 0.25) is 0 Å². The normalized spacial score (nSPS) is 28.4. The van der Waals surface area contributed by atoms with Crippen molar-refractivity contribution in [1.82, 2.24) is 4.90 Å². The van der Waals surface area contributed by atoms with Gasteiger partial charge in [0.1, 0.15) is 0 Å². The molecule has 17 heavy (non-hydrogen) atoms. The second kappa shape index (κ2) is 5.85. The molecule has 1 heterocycles. The summed E-state index contributed by atoms with van der Waals surface area (Å²) in [5.41, 5.74) is 5.85. The van der Waals surface area contributed by atoms with E-state index in [9.17, 15) is 4.79 Å². The molecule has 0 spiro atoms. The molecule has 2 fully saturated rings. The molecule has 2 rings (SSSR count). The average molecular weight is 238 g/mol. The average Bonchev–Trinajstić information content (AvgIpc) is 2.76. The summed E-state index contributed by atoms with van der Waals surface area (Å²) in [5, 5.41) is 0. The first kappa shape index (κ1) is 12.9. The molecular weight excluding hydrogens is 212 g/mol. The van der Waals surface area contributed by atoms with E-state index in [2.05, 4.69) is 6.92 Å². The third kappa shape index (κ3) is 3.44. The van der Waals surface area contributed by atoms with Gasteiger partial charge in [-0.1, -0.05) is 39.0 Å². The Bertz CT molecular complexity index is 261. The summed E-state index contributed by atoms with van der Waals surface area (Å²) in [4.78, 5) is 14.2. The third-order valence-corrected chi connectivity index (χ3v) is 4.37. The molecule has 3 nitrogen and oxygen atoms in total. The second-order valence-corrected chi connectivity index (χ2v) is 5.97. The molecule has 0 aromatic carbocycles. The highest BCUT2D eigenvalue weighted by molar-refractivity contribution is 5.78. The van der Waals surface area contributed by atoms with E-state index >= 15 is 0 Å². The van der Waals surface area contributed by atoms with E-state index in [0.29, 0.717) is 5.91 Å². The van der Waals surface area contributed by atoms with E-state index in [4.69, 9.17) is 5.73 Å². The van der Waals surface area contributed by atoms with E-state index < -0.39 is 0 Å². The Morgan fingerprint density at radius 3 is 2.59 bits per heavy atom. The first-order valence-electron chi connectivity index (χ1n) is 7.21. The topological polar surface area (TPSA) is 46.3 Å². The molecule has 1 saturated heterocycles. The maximum Gasteiger partial charge on any atom is 0.225 e. The van der Waals surface area contributed by atoms with Crippen LogP contribution in [-0.4, -0.2) is 29.9 Å². The predicted octanol–water partition coefficient (Wildman–Crippen LogP) is 2.15. The van der Waals surface area contributed by atoms with Crippen LogP contribution in [0.4, 0.5) is 0 Å². The van der Waals surface area contributed by atoms with Crippen LogP contribution in [0.5, 0.6) is 0 Å². The monoisotopic (exact) mass is 238 g/mol. The minimum Gasteiger partial charge on any atom is -0.341 e. The number of likely N-dealkylation sites (tertiary alicyclic amines) is 1. The summed E-state index contributed by atoms with van der Waals surface area (Å²) >= 11 is 0. The van der Waals surface area contributed by atoms with Crippen molar-refractivity contribution in [2.45, 2.75) is 57.9 Å². The molecule has 1 aliphatic carbocycles. The predicted molar refractivity (Wildman–Crippen MR) is 69.5 cm³/mol. The number of rotatable bonds is 3. The molecule has 3 heteroatoms. The maximum atomic E-state index is 12.2. The number of nitrogens with two attached hydrogens (primary N) is 1. The van der Waals surface area contributed by atoms with Crippen LogP contribution in [0.1, 0.15) is 51.9 Å². The Hall–Kier alpha value is -0.570. The van der Waals surface area contributed by atoms with Crippen LogP contribution in [0.25, 0.3) is 0 Å². The van der Waals surface area contributed by atoms with Gasteiger partial charge in [0.2, 0.25) is 5.91 Å². The lowest BCUT2D eigenvalue weighted by molar-refractivity contribution is -0.134. The zero-order valence-corrected chi connectivity index (χ0v) is 11.0. The van der Waals surface area contributed by atoms with E-state index in [1.54, 1.807) is 0 Å². The van der Waals surface area contributed by atoms with Crippen LogP contribution in [0, 0.1) is 11.8 Å². The second-order valence-electron chi connectivity index (χ2n) is 5.97. The molecule has 2 N–H and O–H groups in total. The van der Waals surface area contributed by atoms with Crippen molar-refractivity contribution in [3.63, 3.8) is 0 Å². The van der Waals surface area contributed by atoms with Gasteiger partial charge in [0.05, 0.1) is 0 Å². The molecule has 2 aliphatic rings. The van der Waals surface area contributed by atoms with Crippen molar-refractivity contribution in [3.8, 4) is 0 Å². The molecule has 1 amide bonds. The van der Waals surface area contributed by atoms with Crippen LogP contribution in [0.3, 0.4) is 0 Å². The Morgan fingerprint density at radius 1 is 1.29 bits per heavy atom. The van der Waals surface area contributed by atoms with Gasteiger partial charge in [-0.15, -0.1) is 0 Å². The zero-order valence-electron chi connectivity index (χ0n) is 11.0. The summed E-state index contributed by atoms with van der Waals surface area (Å²) in [7, 11) is 0. The van der Waals surface area contributed by atoms with E-state index in [0.717, 1.165) is 31.8 Å². The fraction of sp³-hybridized carbons (Fsp3) is 0.929. The number of carbonyl (C=O) groups is 1. The molecule has 1 saturated carbocycles. The molecule has 0 bridgehead atoms. The number of nitrogens with zero attached hydrogens (tertiary/aromatic N) is 1. The van der Waals surface area contributed by atoms with Crippen molar-refractivity contribution in [1.29, 1.82) is 0 Å². The maximum absolute atomic E-state index is 12.2. The Balaban J connectivity index is 1.78. The van der Waals surface area contributed by atoms with Gasteiger partial charge < -0.3 is 10.6 Å². The van der Waals surface area contributed by atoms with Crippen molar-refractivity contribution < 1.29 is 4.79 Å². The Kier molecular flexibility index (Phi) is 4.43. The number of hydrogen-bond acceptors (Lipinski definition) is 2. The SMILES string of the molecule is CC(CC1CCCCC1)C(=O)N1CC[C@@H](N)C1. The lowest BCUT2D eigenvalue weighted by Gasteiger charge is -2.26. The molecule has 1 aliphatic heterocycles. The van der Waals surface area contributed by atoms with Crippen molar-refractivity contribution >= 4 is 5.91 Å². The Labute approximate surface area is 105 Å². The smallest absolute Gasteiger partial charge is 0.225 e. The Morgan fingerprint density at radius 2 is 2.00 bits per heavy atom. The van der Waals surface area contributed by atoms with Crippen molar-refractivity contribution in [3.05, 3.63) is 0 Å². The first-order valence-corrected chi connectivity index (χ1v) is 7.21. The minimum absolute atomic E-state index is 0.198. The fourth-order valence-corrected chi connectivity index (χ4v) is 3.32. The van der Waals surface area contributed by atoms with E-state index in [1.165, 1.54) is 32.1 Å². The van der Waals surface area contributed by atoms with Crippen molar-refractivity contribution in [2.75, 3.05) is 13.1 Å². The third-order valence-electron chi connectivity index (χ3n) is 4.37. The molecular formula is C14H26N2O. The molecule has 0 aromatic rings. The number of carbonyl (C=O) groups excluding carboxylic acids is 1. The summed E-state index contributed by atoms with van der Waals surface area (Å²) < 4.78 is 0. The summed E-state index contributed by atoms with van der Waals surface area (Å²) in [5.74, 6) is 1.32. The van der Waals surface area contributed by atoms with Crippen LogP contribution >= 0.6 is 0 Å². The zero-order chi connectivity index (χ0) is 12.3. The van der Waals surface area contributed by atoms with Gasteiger partial charge in [-0.25, -0.2) is 0 Å². The van der Waals surface area contributed by atoms with Crippen LogP contribution < -0.4 is 5.73 Å². The lowest BCUT2D eigenvalue weighted by atomic mass is 9.83. The molecule has 1 unspecified atom stereocenters. The van der Waals surface area contributed by atoms with Crippen LogP contribution in [0.15, 0.2) is 0 Å². The van der Waals surface area contributed by atoms with Crippen LogP contribution in [-0.2, 0) is 4.79 Å². The summed E-state index contributed by atoms with van der Waals surface area (Å²) in [6, 6.07) is 0.209. The summed E-state index contributed by atoms with van der Waals surface area (Å²) in [6.45, 7) is 3.74. The number of hydrogen-bond donors (Lipinski definition) is 1. The van der Waals surface area contributed by atoms with Crippen molar-refractivity contribution in [2.24, 2.45) is 17.6 Å². The highest BCUT2D eigenvalue weighted by atomic mass is 16.2.